The molecule has 0 unspecified atom stereocenters. The van der Waals surface area contributed by atoms with Gasteiger partial charge in [-0.2, -0.15) is 0 Å². The number of nitrogens with zero attached hydrogens (tertiary/aromatic N) is 1. The van der Waals surface area contributed by atoms with Gasteiger partial charge in [-0.05, 0) is 17.9 Å². The highest BCUT2D eigenvalue weighted by molar-refractivity contribution is 7.09. The van der Waals surface area contributed by atoms with Gasteiger partial charge < -0.3 is 5.11 Å². The Morgan fingerprint density at radius 2 is 2.20 bits per heavy atom. The number of aliphatic hydroxyl groups excluding tert-OH is 1. The first-order valence-corrected chi connectivity index (χ1v) is 5.74. The van der Waals surface area contributed by atoms with Gasteiger partial charge >= 0.3 is 0 Å². The molecule has 0 bridgehead atoms. The lowest BCUT2D eigenvalue weighted by molar-refractivity contribution is 0.0790. The number of aliphatic hydroxyl groups is 1. The number of thiophene rings is 1. The number of hydrogen-bond donors (Lipinski definition) is 1. The van der Waals surface area contributed by atoms with Crippen LogP contribution in [0.1, 0.15) is 4.88 Å². The standard InChI is InChI=1S/C10H15F2NOS/c11-10(12)8-13(5-6-14)4-3-9-2-1-7-15-9/h1-2,7,10,14H,3-6,8H2. The third-order valence-electron chi connectivity index (χ3n) is 2.07. The number of hydrogen-bond acceptors (Lipinski definition) is 3. The minimum absolute atomic E-state index is 0.0723. The Labute approximate surface area is 92.1 Å². The molecular formula is C10H15F2NOS. The quantitative estimate of drug-likeness (QED) is 0.779. The number of rotatable bonds is 7. The molecule has 1 aromatic rings. The van der Waals surface area contributed by atoms with E-state index in [1.54, 1.807) is 16.2 Å². The Bertz CT molecular complexity index is 254. The summed E-state index contributed by atoms with van der Waals surface area (Å²) < 4.78 is 24.3. The fourth-order valence-corrected chi connectivity index (χ4v) is 2.05. The maximum Gasteiger partial charge on any atom is 0.251 e. The van der Waals surface area contributed by atoms with Crippen molar-refractivity contribution in [2.24, 2.45) is 0 Å². The molecular weight excluding hydrogens is 220 g/mol. The second-order valence-electron chi connectivity index (χ2n) is 3.24. The Morgan fingerprint density at radius 1 is 1.40 bits per heavy atom. The van der Waals surface area contributed by atoms with Crippen molar-refractivity contribution < 1.29 is 13.9 Å². The van der Waals surface area contributed by atoms with Crippen molar-refractivity contribution in [3.63, 3.8) is 0 Å². The van der Waals surface area contributed by atoms with Gasteiger partial charge in [0.2, 0.25) is 0 Å². The summed E-state index contributed by atoms with van der Waals surface area (Å²) in [6.07, 6.45) is -1.57. The van der Waals surface area contributed by atoms with E-state index in [1.807, 2.05) is 17.5 Å². The lowest BCUT2D eigenvalue weighted by Gasteiger charge is -2.20. The maximum atomic E-state index is 12.2. The largest absolute Gasteiger partial charge is 0.395 e. The zero-order chi connectivity index (χ0) is 11.1. The maximum absolute atomic E-state index is 12.2. The van der Waals surface area contributed by atoms with Gasteiger partial charge in [-0.1, -0.05) is 6.07 Å². The second-order valence-corrected chi connectivity index (χ2v) is 4.28. The van der Waals surface area contributed by atoms with Crippen molar-refractivity contribution in [2.45, 2.75) is 12.8 Å². The van der Waals surface area contributed by atoms with E-state index in [0.29, 0.717) is 13.1 Å². The molecule has 1 N–H and O–H groups in total. The van der Waals surface area contributed by atoms with Crippen LogP contribution in [-0.2, 0) is 6.42 Å². The van der Waals surface area contributed by atoms with Crippen molar-refractivity contribution in [2.75, 3.05) is 26.2 Å². The highest BCUT2D eigenvalue weighted by Gasteiger charge is 2.11. The summed E-state index contributed by atoms with van der Waals surface area (Å²) >= 11 is 1.63. The van der Waals surface area contributed by atoms with E-state index in [2.05, 4.69) is 0 Å². The van der Waals surface area contributed by atoms with Crippen LogP contribution in [0.3, 0.4) is 0 Å². The first-order valence-electron chi connectivity index (χ1n) is 4.86. The fourth-order valence-electron chi connectivity index (χ4n) is 1.35. The molecule has 1 rings (SSSR count). The molecule has 0 radical (unpaired) electrons. The van der Waals surface area contributed by atoms with Gasteiger partial charge in [-0.3, -0.25) is 4.90 Å². The summed E-state index contributed by atoms with van der Waals surface area (Å²) in [5.41, 5.74) is 0. The summed E-state index contributed by atoms with van der Waals surface area (Å²) in [6.45, 7) is 0.560. The molecule has 0 saturated heterocycles. The lowest BCUT2D eigenvalue weighted by Crippen LogP contribution is -2.33. The van der Waals surface area contributed by atoms with E-state index in [0.717, 1.165) is 6.42 Å². The Hall–Kier alpha value is -0.520. The van der Waals surface area contributed by atoms with Crippen LogP contribution in [-0.4, -0.2) is 42.7 Å². The van der Waals surface area contributed by atoms with Crippen molar-refractivity contribution >= 4 is 11.3 Å². The lowest BCUT2D eigenvalue weighted by atomic mass is 10.3. The molecule has 0 atom stereocenters. The van der Waals surface area contributed by atoms with Gasteiger partial charge in [-0.15, -0.1) is 11.3 Å². The smallest absolute Gasteiger partial charge is 0.251 e. The predicted molar refractivity (Wildman–Crippen MR) is 57.6 cm³/mol. The van der Waals surface area contributed by atoms with Crippen LogP contribution in [0, 0.1) is 0 Å². The van der Waals surface area contributed by atoms with Gasteiger partial charge in [0.25, 0.3) is 6.43 Å². The summed E-state index contributed by atoms with van der Waals surface area (Å²) in [7, 11) is 0. The van der Waals surface area contributed by atoms with Gasteiger partial charge in [0.05, 0.1) is 13.2 Å². The number of halogens is 2. The summed E-state index contributed by atoms with van der Waals surface area (Å²) in [6, 6.07) is 3.94. The van der Waals surface area contributed by atoms with Gasteiger partial charge in [0.1, 0.15) is 0 Å². The Kier molecular flexibility index (Phi) is 5.75. The zero-order valence-corrected chi connectivity index (χ0v) is 9.22. The first-order chi connectivity index (χ1) is 7.22. The molecule has 15 heavy (non-hydrogen) atoms. The molecule has 0 aliphatic rings. The summed E-state index contributed by atoms with van der Waals surface area (Å²) in [4.78, 5) is 2.77. The van der Waals surface area contributed by atoms with E-state index in [-0.39, 0.29) is 13.2 Å². The van der Waals surface area contributed by atoms with Crippen LogP contribution in [0.2, 0.25) is 0 Å². The van der Waals surface area contributed by atoms with Gasteiger partial charge in [-0.25, -0.2) is 8.78 Å². The van der Waals surface area contributed by atoms with Crippen LogP contribution >= 0.6 is 11.3 Å². The first kappa shape index (κ1) is 12.5. The van der Waals surface area contributed by atoms with Crippen molar-refractivity contribution in [3.8, 4) is 0 Å². The molecule has 5 heteroatoms. The van der Waals surface area contributed by atoms with Crippen LogP contribution in [0.15, 0.2) is 17.5 Å². The Morgan fingerprint density at radius 3 is 2.73 bits per heavy atom. The Balaban J connectivity index is 2.30. The summed E-state index contributed by atoms with van der Waals surface area (Å²) in [5, 5.41) is 10.7. The van der Waals surface area contributed by atoms with Crippen LogP contribution in [0.4, 0.5) is 8.78 Å². The molecule has 0 amide bonds. The molecule has 86 valence electrons. The normalized spacial score (nSPS) is 11.5. The zero-order valence-electron chi connectivity index (χ0n) is 8.40. The molecule has 0 aliphatic heterocycles. The highest BCUT2D eigenvalue weighted by atomic mass is 32.1. The second kappa shape index (κ2) is 6.87. The minimum atomic E-state index is -2.33. The van der Waals surface area contributed by atoms with E-state index in [1.165, 1.54) is 4.88 Å². The van der Waals surface area contributed by atoms with Crippen molar-refractivity contribution in [1.29, 1.82) is 0 Å². The van der Waals surface area contributed by atoms with Crippen LogP contribution < -0.4 is 0 Å². The van der Waals surface area contributed by atoms with Crippen LogP contribution in [0.5, 0.6) is 0 Å². The van der Waals surface area contributed by atoms with Crippen molar-refractivity contribution in [1.82, 2.24) is 4.90 Å². The summed E-state index contributed by atoms with van der Waals surface area (Å²) in [5.74, 6) is 0. The van der Waals surface area contributed by atoms with E-state index in [4.69, 9.17) is 5.11 Å². The molecule has 0 saturated carbocycles. The van der Waals surface area contributed by atoms with Gasteiger partial charge in [0.15, 0.2) is 0 Å². The van der Waals surface area contributed by atoms with E-state index in [9.17, 15) is 8.78 Å². The molecule has 0 aliphatic carbocycles. The van der Waals surface area contributed by atoms with Crippen LogP contribution in [0.25, 0.3) is 0 Å². The predicted octanol–water partition coefficient (Wildman–Crippen LogP) is 1.85. The highest BCUT2D eigenvalue weighted by Crippen LogP contribution is 2.10. The fraction of sp³-hybridized carbons (Fsp3) is 0.600. The monoisotopic (exact) mass is 235 g/mol. The molecule has 1 aromatic heterocycles. The third-order valence-corrected chi connectivity index (χ3v) is 3.00. The molecule has 0 aromatic carbocycles. The third kappa shape index (κ3) is 5.20. The molecule has 0 spiro atoms. The SMILES string of the molecule is OCCN(CCc1cccs1)CC(F)F. The van der Waals surface area contributed by atoms with Crippen molar-refractivity contribution in [3.05, 3.63) is 22.4 Å². The topological polar surface area (TPSA) is 23.5 Å². The number of alkyl halides is 2. The molecule has 0 fully saturated rings. The average molecular weight is 235 g/mol. The molecule has 1 heterocycles. The average Bonchev–Trinajstić information content (AvgIpc) is 2.66. The van der Waals surface area contributed by atoms with Gasteiger partial charge in [0, 0.05) is 18.0 Å². The van der Waals surface area contributed by atoms with E-state index >= 15 is 0 Å². The van der Waals surface area contributed by atoms with E-state index < -0.39 is 6.43 Å². The molecule has 2 nitrogen and oxygen atoms in total. The minimum Gasteiger partial charge on any atom is -0.395 e.